The molecule has 1 saturated heterocycles. The van der Waals surface area contributed by atoms with Crippen molar-refractivity contribution in [1.82, 2.24) is 0 Å². The second kappa shape index (κ2) is 8.76. The Morgan fingerprint density at radius 1 is 0.926 bits per heavy atom. The minimum atomic E-state index is -4.24. The SMILES string of the molecule is CS(=O)(=O)[N-]S(=O)(=O)CCCS(=O)(=O)Oc1ccc(N2CCCCC2)cc1. The first-order valence-electron chi connectivity index (χ1n) is 8.40. The van der Waals surface area contributed by atoms with Crippen LogP contribution in [-0.2, 0) is 30.2 Å². The molecule has 1 aliphatic heterocycles. The lowest BCUT2D eigenvalue weighted by Crippen LogP contribution is -2.29. The van der Waals surface area contributed by atoms with Crippen LogP contribution in [0.3, 0.4) is 0 Å². The molecular formula is C15H23N2O7S3-. The van der Waals surface area contributed by atoms with Gasteiger partial charge in [0.2, 0.25) is 0 Å². The maximum atomic E-state index is 12.0. The van der Waals surface area contributed by atoms with Crippen LogP contribution in [0.5, 0.6) is 5.75 Å². The summed E-state index contributed by atoms with van der Waals surface area (Å²) >= 11 is 0. The molecule has 2 rings (SSSR count). The number of benzene rings is 1. The maximum absolute atomic E-state index is 12.0. The summed E-state index contributed by atoms with van der Waals surface area (Å²) in [7, 11) is -12.3. The van der Waals surface area contributed by atoms with Gasteiger partial charge in [0.1, 0.15) is 5.75 Å². The molecule has 0 bridgehead atoms. The third kappa shape index (κ3) is 8.03. The van der Waals surface area contributed by atoms with Gasteiger partial charge in [-0.05, 0) is 49.9 Å². The van der Waals surface area contributed by atoms with E-state index in [4.69, 9.17) is 4.18 Å². The average Bonchev–Trinajstić information content (AvgIpc) is 2.53. The Labute approximate surface area is 160 Å². The molecule has 0 saturated carbocycles. The highest BCUT2D eigenvalue weighted by atomic mass is 32.3. The summed E-state index contributed by atoms with van der Waals surface area (Å²) in [6.45, 7) is 1.93. The van der Waals surface area contributed by atoms with Crippen LogP contribution in [-0.4, -0.2) is 56.1 Å². The van der Waals surface area contributed by atoms with Gasteiger partial charge in [-0.25, -0.2) is 16.8 Å². The normalized spacial score (nSPS) is 16.3. The van der Waals surface area contributed by atoms with E-state index in [0.29, 0.717) is 6.26 Å². The number of anilines is 1. The topological polar surface area (TPSA) is 129 Å². The zero-order valence-corrected chi connectivity index (χ0v) is 17.4. The average molecular weight is 440 g/mol. The number of piperidine rings is 1. The fourth-order valence-electron chi connectivity index (χ4n) is 2.71. The van der Waals surface area contributed by atoms with Crippen LogP contribution in [0, 0.1) is 0 Å². The molecule has 1 fully saturated rings. The molecule has 154 valence electrons. The second-order valence-corrected chi connectivity index (χ2v) is 11.7. The minimum absolute atomic E-state index is 0.138. The van der Waals surface area contributed by atoms with Crippen molar-refractivity contribution in [2.24, 2.45) is 0 Å². The van der Waals surface area contributed by atoms with Crippen molar-refractivity contribution in [2.45, 2.75) is 25.7 Å². The lowest BCUT2D eigenvalue weighted by molar-refractivity contribution is 0.485. The first kappa shape index (κ1) is 21.9. The third-order valence-corrected chi connectivity index (χ3v) is 7.86. The predicted octanol–water partition coefficient (Wildman–Crippen LogP) is 1.44. The minimum Gasteiger partial charge on any atom is -0.436 e. The highest BCUT2D eigenvalue weighted by molar-refractivity contribution is 8.11. The van der Waals surface area contributed by atoms with Crippen LogP contribution in [0.15, 0.2) is 24.3 Å². The van der Waals surface area contributed by atoms with Gasteiger partial charge in [-0.15, -0.1) is 0 Å². The molecule has 1 heterocycles. The van der Waals surface area contributed by atoms with Crippen molar-refractivity contribution in [3.63, 3.8) is 0 Å². The lowest BCUT2D eigenvalue weighted by Gasteiger charge is -2.28. The molecule has 0 spiro atoms. The highest BCUT2D eigenvalue weighted by Crippen LogP contribution is 2.23. The Morgan fingerprint density at radius 2 is 1.52 bits per heavy atom. The summed E-state index contributed by atoms with van der Waals surface area (Å²) in [5.74, 6) is -1.13. The van der Waals surface area contributed by atoms with Gasteiger partial charge in [-0.3, -0.25) is 0 Å². The van der Waals surface area contributed by atoms with Gasteiger partial charge in [0.15, 0.2) is 0 Å². The van der Waals surface area contributed by atoms with Gasteiger partial charge in [0.05, 0.1) is 25.8 Å². The number of rotatable bonds is 9. The van der Waals surface area contributed by atoms with Gasteiger partial charge in [-0.1, -0.05) is 0 Å². The van der Waals surface area contributed by atoms with E-state index < -0.39 is 41.7 Å². The first-order chi connectivity index (χ1) is 12.5. The quantitative estimate of drug-likeness (QED) is 0.529. The van der Waals surface area contributed by atoms with Crippen LogP contribution in [0.1, 0.15) is 25.7 Å². The molecule has 0 N–H and O–H groups in total. The van der Waals surface area contributed by atoms with E-state index in [-0.39, 0.29) is 12.2 Å². The second-order valence-electron chi connectivity index (χ2n) is 6.33. The molecular weight excluding hydrogens is 416 g/mol. The highest BCUT2D eigenvalue weighted by Gasteiger charge is 2.16. The molecule has 0 atom stereocenters. The monoisotopic (exact) mass is 439 g/mol. The molecule has 1 aromatic rings. The Hall–Kier alpha value is -1.37. The Balaban J connectivity index is 1.88. The van der Waals surface area contributed by atoms with Gasteiger partial charge >= 0.3 is 10.1 Å². The molecule has 27 heavy (non-hydrogen) atoms. The Bertz CT molecular complexity index is 934. The van der Waals surface area contributed by atoms with Crippen LogP contribution >= 0.6 is 0 Å². The lowest BCUT2D eigenvalue weighted by atomic mass is 10.1. The van der Waals surface area contributed by atoms with E-state index in [0.717, 1.165) is 31.6 Å². The van der Waals surface area contributed by atoms with Crippen molar-refractivity contribution >= 4 is 35.9 Å². The summed E-state index contributed by atoms with van der Waals surface area (Å²) in [4.78, 5) is 2.22. The fraction of sp³-hybridized carbons (Fsp3) is 0.600. The predicted molar refractivity (Wildman–Crippen MR) is 104 cm³/mol. The third-order valence-electron chi connectivity index (χ3n) is 3.83. The summed E-state index contributed by atoms with van der Waals surface area (Å²) in [6.07, 6.45) is 3.79. The molecule has 0 aromatic heterocycles. The van der Waals surface area contributed by atoms with Crippen LogP contribution < -0.4 is 9.08 Å². The Kier molecular flexibility index (Phi) is 7.11. The standard InChI is InChI=1S/C15H23N2O7S3/c1-25(18,19)16-26(20,21)12-5-13-27(22,23)24-15-8-6-14(7-9-15)17-10-3-2-4-11-17/h6-9H,2-5,10-13H2,1H3/q-1. The van der Waals surface area contributed by atoms with E-state index in [9.17, 15) is 25.3 Å². The number of hydrogen-bond donors (Lipinski definition) is 0. The van der Waals surface area contributed by atoms with Crippen molar-refractivity contribution < 1.29 is 29.4 Å². The van der Waals surface area contributed by atoms with Crippen molar-refractivity contribution in [1.29, 1.82) is 0 Å². The molecule has 1 aliphatic rings. The molecule has 0 aliphatic carbocycles. The smallest absolute Gasteiger partial charge is 0.309 e. The number of nitrogens with zero attached hydrogens (tertiary/aromatic N) is 2. The maximum Gasteiger partial charge on any atom is 0.309 e. The molecule has 0 amide bonds. The van der Waals surface area contributed by atoms with E-state index in [1.165, 1.54) is 6.42 Å². The van der Waals surface area contributed by atoms with Crippen LogP contribution in [0.25, 0.3) is 4.13 Å². The van der Waals surface area contributed by atoms with E-state index in [1.54, 1.807) is 24.3 Å². The molecule has 9 nitrogen and oxygen atoms in total. The summed E-state index contributed by atoms with van der Waals surface area (Å²) < 4.78 is 76.4. The first-order valence-corrected chi connectivity index (χ1v) is 13.4. The van der Waals surface area contributed by atoms with E-state index >= 15 is 0 Å². The molecule has 1 aromatic carbocycles. The number of sulfonamides is 2. The molecule has 0 unspecified atom stereocenters. The summed E-state index contributed by atoms with van der Waals surface area (Å²) in [6, 6.07) is 6.67. The largest absolute Gasteiger partial charge is 0.436 e. The van der Waals surface area contributed by atoms with Gasteiger partial charge in [0.25, 0.3) is 0 Å². The summed E-state index contributed by atoms with van der Waals surface area (Å²) in [5.41, 5.74) is 0.993. The zero-order valence-electron chi connectivity index (χ0n) is 14.9. The van der Waals surface area contributed by atoms with Crippen molar-refractivity contribution in [2.75, 3.05) is 35.8 Å². The van der Waals surface area contributed by atoms with E-state index in [1.807, 2.05) is 0 Å². The van der Waals surface area contributed by atoms with Crippen LogP contribution in [0.2, 0.25) is 0 Å². The zero-order chi connectivity index (χ0) is 20.1. The van der Waals surface area contributed by atoms with E-state index in [2.05, 4.69) is 9.03 Å². The van der Waals surface area contributed by atoms with Crippen molar-refractivity contribution in [3.8, 4) is 5.75 Å². The molecule has 0 radical (unpaired) electrons. The summed E-state index contributed by atoms with van der Waals surface area (Å²) in [5, 5.41) is 0. The number of hydrogen-bond acceptors (Lipinski definition) is 8. The fourth-order valence-corrected chi connectivity index (χ4v) is 6.34. The van der Waals surface area contributed by atoms with Crippen LogP contribution in [0.4, 0.5) is 5.69 Å². The van der Waals surface area contributed by atoms with Gasteiger partial charge in [0, 0.05) is 30.8 Å². The van der Waals surface area contributed by atoms with Gasteiger partial charge < -0.3 is 13.2 Å². The van der Waals surface area contributed by atoms with Gasteiger partial charge in [-0.2, -0.15) is 8.42 Å². The molecule has 12 heteroatoms. The Morgan fingerprint density at radius 3 is 2.07 bits per heavy atom. The van der Waals surface area contributed by atoms with Crippen molar-refractivity contribution in [3.05, 3.63) is 28.4 Å².